The van der Waals surface area contributed by atoms with Crippen LogP contribution in [0.1, 0.15) is 24.5 Å². The molecule has 4 nitrogen and oxygen atoms in total. The van der Waals surface area contributed by atoms with Crippen molar-refractivity contribution in [1.82, 2.24) is 4.90 Å². The van der Waals surface area contributed by atoms with E-state index in [0.29, 0.717) is 23.7 Å². The van der Waals surface area contributed by atoms with Crippen molar-refractivity contribution in [3.8, 4) is 0 Å². The van der Waals surface area contributed by atoms with Gasteiger partial charge in [0.25, 0.3) is 0 Å². The zero-order valence-electron chi connectivity index (χ0n) is 17.4. The largest absolute Gasteiger partial charge is 0.326 e. The number of nitrogens with zero attached hydrogens (tertiary/aromatic N) is 1. The first-order chi connectivity index (χ1) is 15.0. The second-order valence-electron chi connectivity index (χ2n) is 7.24. The molecular weight excluding hydrogens is 408 g/mol. The van der Waals surface area contributed by atoms with Crippen molar-refractivity contribution >= 4 is 34.7 Å². The molecule has 0 atom stereocenters. The monoisotopic (exact) mass is 432 g/mol. The van der Waals surface area contributed by atoms with Crippen LogP contribution < -0.4 is 5.32 Å². The number of benzene rings is 3. The van der Waals surface area contributed by atoms with Gasteiger partial charge in [0.05, 0.1) is 0 Å². The summed E-state index contributed by atoms with van der Waals surface area (Å²) >= 11 is 5.97. The SMILES string of the molecule is C/C(=C\N(CCc1ccccc1)C(=O)CC(=O)Nc1cccc(Cl)c1)c1ccccc1. The minimum Gasteiger partial charge on any atom is -0.326 e. The maximum Gasteiger partial charge on any atom is 0.235 e. The molecule has 0 bridgehead atoms. The summed E-state index contributed by atoms with van der Waals surface area (Å²) in [5, 5.41) is 3.26. The molecule has 3 aromatic carbocycles. The Kier molecular flexibility index (Phi) is 8.02. The lowest BCUT2D eigenvalue weighted by Gasteiger charge is -2.20. The summed E-state index contributed by atoms with van der Waals surface area (Å²) in [5.74, 6) is -0.631. The first kappa shape index (κ1) is 22.3. The van der Waals surface area contributed by atoms with Crippen molar-refractivity contribution in [2.75, 3.05) is 11.9 Å². The minimum atomic E-state index is -0.372. The molecule has 0 aliphatic rings. The highest BCUT2D eigenvalue weighted by atomic mass is 35.5. The van der Waals surface area contributed by atoms with Crippen LogP contribution in [0.25, 0.3) is 5.57 Å². The Bertz CT molecular complexity index is 1050. The highest BCUT2D eigenvalue weighted by Crippen LogP contribution is 2.17. The van der Waals surface area contributed by atoms with Gasteiger partial charge < -0.3 is 10.2 Å². The van der Waals surface area contributed by atoms with Crippen LogP contribution in [0.4, 0.5) is 5.69 Å². The molecule has 5 heteroatoms. The average molecular weight is 433 g/mol. The van der Waals surface area contributed by atoms with Crippen LogP contribution in [-0.4, -0.2) is 23.3 Å². The molecule has 0 aliphatic carbocycles. The van der Waals surface area contributed by atoms with Crippen LogP contribution in [-0.2, 0) is 16.0 Å². The number of carbonyl (C=O) groups excluding carboxylic acids is 2. The number of nitrogens with one attached hydrogen (secondary N) is 1. The summed E-state index contributed by atoms with van der Waals surface area (Å²) in [5.41, 5.74) is 3.69. The predicted octanol–water partition coefficient (Wildman–Crippen LogP) is 5.80. The number of allylic oxidation sites excluding steroid dienone is 1. The number of hydrogen-bond acceptors (Lipinski definition) is 2. The van der Waals surface area contributed by atoms with E-state index >= 15 is 0 Å². The number of rotatable bonds is 8. The fourth-order valence-electron chi connectivity index (χ4n) is 3.18. The number of halogens is 1. The lowest BCUT2D eigenvalue weighted by atomic mass is 10.1. The number of carbonyl (C=O) groups is 2. The molecule has 0 saturated heterocycles. The third kappa shape index (κ3) is 7.12. The summed E-state index contributed by atoms with van der Waals surface area (Å²) in [6.45, 7) is 2.45. The third-order valence-electron chi connectivity index (χ3n) is 4.80. The van der Waals surface area contributed by atoms with Gasteiger partial charge >= 0.3 is 0 Å². The Morgan fingerprint density at radius 3 is 2.29 bits per heavy atom. The van der Waals surface area contributed by atoms with Gasteiger partial charge in [0, 0.05) is 23.5 Å². The second kappa shape index (κ2) is 11.1. The molecule has 31 heavy (non-hydrogen) atoms. The zero-order chi connectivity index (χ0) is 22.1. The fourth-order valence-corrected chi connectivity index (χ4v) is 3.37. The topological polar surface area (TPSA) is 49.4 Å². The van der Waals surface area contributed by atoms with Crippen molar-refractivity contribution in [3.05, 3.63) is 107 Å². The van der Waals surface area contributed by atoms with Crippen LogP contribution in [0.2, 0.25) is 5.02 Å². The van der Waals surface area contributed by atoms with Gasteiger partial charge in [-0.05, 0) is 48.2 Å². The Morgan fingerprint density at radius 1 is 0.935 bits per heavy atom. The standard InChI is InChI=1S/C26H25ClN2O2/c1-20(22-11-6-3-7-12-22)19-29(16-15-21-9-4-2-5-10-21)26(31)18-25(30)28-24-14-8-13-23(27)17-24/h2-14,17,19H,15-16,18H2,1H3,(H,28,30)/b20-19+. The molecule has 0 fully saturated rings. The van der Waals surface area contributed by atoms with Crippen molar-refractivity contribution in [1.29, 1.82) is 0 Å². The lowest BCUT2D eigenvalue weighted by Crippen LogP contribution is -2.31. The highest BCUT2D eigenvalue weighted by Gasteiger charge is 2.17. The van der Waals surface area contributed by atoms with Gasteiger partial charge in [-0.2, -0.15) is 0 Å². The Labute approximate surface area is 188 Å². The molecule has 3 rings (SSSR count). The fraction of sp³-hybridized carbons (Fsp3) is 0.154. The first-order valence-corrected chi connectivity index (χ1v) is 10.5. The normalized spacial score (nSPS) is 11.1. The molecule has 3 aromatic rings. The minimum absolute atomic E-state index is 0.250. The van der Waals surface area contributed by atoms with Crippen LogP contribution >= 0.6 is 11.6 Å². The van der Waals surface area contributed by atoms with Crippen molar-refractivity contribution in [3.63, 3.8) is 0 Å². The van der Waals surface area contributed by atoms with E-state index in [1.807, 2.05) is 73.8 Å². The highest BCUT2D eigenvalue weighted by molar-refractivity contribution is 6.30. The molecule has 0 spiro atoms. The summed E-state index contributed by atoms with van der Waals surface area (Å²) in [6.07, 6.45) is 2.27. The maximum absolute atomic E-state index is 13.0. The quantitative estimate of drug-likeness (QED) is 0.457. The molecule has 0 heterocycles. The number of amides is 2. The van der Waals surface area contributed by atoms with E-state index in [1.54, 1.807) is 29.2 Å². The van der Waals surface area contributed by atoms with Gasteiger partial charge in [-0.3, -0.25) is 9.59 Å². The van der Waals surface area contributed by atoms with Crippen molar-refractivity contribution < 1.29 is 9.59 Å². The first-order valence-electron chi connectivity index (χ1n) is 10.1. The second-order valence-corrected chi connectivity index (χ2v) is 7.67. The van der Waals surface area contributed by atoms with Gasteiger partial charge in [-0.25, -0.2) is 0 Å². The Hall–Kier alpha value is -3.37. The molecule has 2 amide bonds. The predicted molar refractivity (Wildman–Crippen MR) is 127 cm³/mol. The average Bonchev–Trinajstić information content (AvgIpc) is 2.77. The Balaban J connectivity index is 1.72. The molecule has 158 valence electrons. The van der Waals surface area contributed by atoms with Gasteiger partial charge in [-0.15, -0.1) is 0 Å². The van der Waals surface area contributed by atoms with E-state index in [4.69, 9.17) is 11.6 Å². The van der Waals surface area contributed by atoms with E-state index in [9.17, 15) is 9.59 Å². The summed E-state index contributed by atoms with van der Waals surface area (Å²) in [7, 11) is 0. The zero-order valence-corrected chi connectivity index (χ0v) is 18.2. The van der Waals surface area contributed by atoms with E-state index in [0.717, 1.165) is 16.7 Å². The van der Waals surface area contributed by atoms with Gasteiger partial charge in [0.15, 0.2) is 0 Å². The molecular formula is C26H25ClN2O2. The smallest absolute Gasteiger partial charge is 0.235 e. The molecule has 0 unspecified atom stereocenters. The Morgan fingerprint density at radius 2 is 1.61 bits per heavy atom. The lowest BCUT2D eigenvalue weighted by molar-refractivity contribution is -0.132. The van der Waals surface area contributed by atoms with Gasteiger partial charge in [0.1, 0.15) is 6.42 Å². The van der Waals surface area contributed by atoms with Crippen molar-refractivity contribution in [2.45, 2.75) is 19.8 Å². The summed E-state index contributed by atoms with van der Waals surface area (Å²) in [6, 6.07) is 26.7. The van der Waals surface area contributed by atoms with Crippen LogP contribution in [0.5, 0.6) is 0 Å². The molecule has 0 aliphatic heterocycles. The summed E-state index contributed by atoms with van der Waals surface area (Å²) < 4.78 is 0. The van der Waals surface area contributed by atoms with Crippen LogP contribution in [0.3, 0.4) is 0 Å². The molecule has 0 aromatic heterocycles. The van der Waals surface area contributed by atoms with Gasteiger partial charge in [-0.1, -0.05) is 78.3 Å². The number of hydrogen-bond donors (Lipinski definition) is 1. The van der Waals surface area contributed by atoms with Crippen LogP contribution in [0.15, 0.2) is 91.1 Å². The summed E-state index contributed by atoms with van der Waals surface area (Å²) in [4.78, 5) is 27.1. The van der Waals surface area contributed by atoms with Crippen molar-refractivity contribution in [2.24, 2.45) is 0 Å². The molecule has 0 saturated carbocycles. The van der Waals surface area contributed by atoms with Crippen LogP contribution in [0, 0.1) is 0 Å². The van der Waals surface area contributed by atoms with E-state index < -0.39 is 0 Å². The molecule has 0 radical (unpaired) electrons. The van der Waals surface area contributed by atoms with E-state index in [2.05, 4.69) is 5.32 Å². The number of anilines is 1. The van der Waals surface area contributed by atoms with Gasteiger partial charge in [0.2, 0.25) is 11.8 Å². The van der Waals surface area contributed by atoms with E-state index in [1.165, 1.54) is 0 Å². The maximum atomic E-state index is 13.0. The van der Waals surface area contributed by atoms with E-state index in [-0.39, 0.29) is 18.2 Å². The molecule has 1 N–H and O–H groups in total. The third-order valence-corrected chi connectivity index (χ3v) is 5.04.